The predicted molar refractivity (Wildman–Crippen MR) is 88.8 cm³/mol. The SMILES string of the molecule is COc1cc(OC)c2oc(-c3ccc4c(c3)OCO4)cc(=O)c2c1O. The van der Waals surface area contributed by atoms with Crippen molar-refractivity contribution < 1.29 is 28.5 Å². The zero-order chi connectivity index (χ0) is 17.6. The number of aromatic hydroxyl groups is 1. The van der Waals surface area contributed by atoms with Crippen LogP contribution in [0.5, 0.6) is 28.7 Å². The van der Waals surface area contributed by atoms with E-state index in [4.69, 9.17) is 23.4 Å². The van der Waals surface area contributed by atoms with Gasteiger partial charge in [0.15, 0.2) is 39.8 Å². The topological polar surface area (TPSA) is 87.4 Å². The van der Waals surface area contributed by atoms with Crippen LogP contribution in [0.15, 0.2) is 39.5 Å². The maximum atomic E-state index is 12.6. The van der Waals surface area contributed by atoms with Crippen LogP contribution in [0.4, 0.5) is 0 Å². The van der Waals surface area contributed by atoms with Gasteiger partial charge in [-0.15, -0.1) is 0 Å². The molecule has 0 saturated carbocycles. The molecule has 2 aromatic carbocycles. The van der Waals surface area contributed by atoms with Crippen molar-refractivity contribution in [2.75, 3.05) is 21.0 Å². The van der Waals surface area contributed by atoms with Crippen molar-refractivity contribution in [1.29, 1.82) is 0 Å². The van der Waals surface area contributed by atoms with Gasteiger partial charge in [0.05, 0.1) is 14.2 Å². The molecule has 7 heteroatoms. The van der Waals surface area contributed by atoms with Crippen LogP contribution in [-0.2, 0) is 0 Å². The lowest BCUT2D eigenvalue weighted by Gasteiger charge is -2.11. The number of benzene rings is 2. The Balaban J connectivity index is 1.97. The summed E-state index contributed by atoms with van der Waals surface area (Å²) in [5, 5.41) is 10.3. The van der Waals surface area contributed by atoms with Crippen LogP contribution >= 0.6 is 0 Å². The standard InChI is InChI=1S/C18H14O7/c1-21-14-7-15(22-2)18-16(17(14)20)10(19)6-12(25-18)9-3-4-11-13(5-9)24-8-23-11/h3-7,20H,8H2,1-2H3. The van der Waals surface area contributed by atoms with E-state index in [9.17, 15) is 9.90 Å². The molecule has 0 saturated heterocycles. The molecule has 4 rings (SSSR count). The van der Waals surface area contributed by atoms with E-state index in [-0.39, 0.29) is 35.0 Å². The number of ether oxygens (including phenoxy) is 4. The summed E-state index contributed by atoms with van der Waals surface area (Å²) in [6.07, 6.45) is 0. The fourth-order valence-corrected chi connectivity index (χ4v) is 2.77. The Morgan fingerprint density at radius 1 is 1.00 bits per heavy atom. The molecule has 0 radical (unpaired) electrons. The van der Waals surface area contributed by atoms with Crippen molar-refractivity contribution >= 4 is 11.0 Å². The first-order chi connectivity index (χ1) is 12.1. The number of methoxy groups -OCH3 is 2. The molecule has 25 heavy (non-hydrogen) atoms. The summed E-state index contributed by atoms with van der Waals surface area (Å²) < 4.78 is 26.8. The van der Waals surface area contributed by atoms with E-state index >= 15 is 0 Å². The van der Waals surface area contributed by atoms with Crippen LogP contribution < -0.4 is 24.4 Å². The second kappa shape index (κ2) is 5.62. The van der Waals surface area contributed by atoms with Gasteiger partial charge in [0, 0.05) is 17.7 Å². The van der Waals surface area contributed by atoms with Gasteiger partial charge >= 0.3 is 0 Å². The minimum Gasteiger partial charge on any atom is -0.504 e. The first kappa shape index (κ1) is 15.2. The summed E-state index contributed by atoms with van der Waals surface area (Å²) in [6.45, 7) is 0.155. The van der Waals surface area contributed by atoms with Crippen LogP contribution in [-0.4, -0.2) is 26.1 Å². The molecule has 128 valence electrons. The number of hydrogen-bond acceptors (Lipinski definition) is 7. The van der Waals surface area contributed by atoms with Crippen LogP contribution in [0.2, 0.25) is 0 Å². The number of phenols is 1. The van der Waals surface area contributed by atoms with E-state index in [1.165, 1.54) is 26.4 Å². The zero-order valence-corrected chi connectivity index (χ0v) is 13.5. The molecule has 0 spiro atoms. The van der Waals surface area contributed by atoms with Crippen molar-refractivity contribution in [3.8, 4) is 40.1 Å². The van der Waals surface area contributed by atoms with E-state index in [0.29, 0.717) is 22.8 Å². The smallest absolute Gasteiger partial charge is 0.231 e. The first-order valence-electron chi connectivity index (χ1n) is 7.44. The monoisotopic (exact) mass is 342 g/mol. The summed E-state index contributed by atoms with van der Waals surface area (Å²) in [5.41, 5.74) is 0.366. The summed E-state index contributed by atoms with van der Waals surface area (Å²) in [7, 11) is 2.83. The van der Waals surface area contributed by atoms with Crippen molar-refractivity contribution in [1.82, 2.24) is 0 Å². The van der Waals surface area contributed by atoms with Crippen molar-refractivity contribution in [2.45, 2.75) is 0 Å². The summed E-state index contributed by atoms with van der Waals surface area (Å²) in [4.78, 5) is 12.6. The van der Waals surface area contributed by atoms with Gasteiger partial charge in [-0.1, -0.05) is 0 Å². The normalized spacial score (nSPS) is 12.4. The summed E-state index contributed by atoms with van der Waals surface area (Å²) >= 11 is 0. The van der Waals surface area contributed by atoms with E-state index in [2.05, 4.69) is 0 Å². The zero-order valence-electron chi connectivity index (χ0n) is 13.5. The molecule has 1 aromatic heterocycles. The lowest BCUT2D eigenvalue weighted by molar-refractivity contribution is 0.174. The van der Waals surface area contributed by atoms with Gasteiger partial charge in [-0.25, -0.2) is 0 Å². The second-order valence-electron chi connectivity index (χ2n) is 5.38. The van der Waals surface area contributed by atoms with Gasteiger partial charge in [0.25, 0.3) is 0 Å². The lowest BCUT2D eigenvalue weighted by Crippen LogP contribution is -2.03. The fourth-order valence-electron chi connectivity index (χ4n) is 2.77. The Morgan fingerprint density at radius 3 is 2.52 bits per heavy atom. The second-order valence-corrected chi connectivity index (χ2v) is 5.38. The number of phenolic OH excluding ortho intramolecular Hbond substituents is 1. The summed E-state index contributed by atoms with van der Waals surface area (Å²) in [5.74, 6) is 1.65. The Kier molecular flexibility index (Phi) is 3.42. The molecule has 0 aliphatic carbocycles. The van der Waals surface area contributed by atoms with Gasteiger partial charge in [-0.3, -0.25) is 4.79 Å². The molecule has 7 nitrogen and oxygen atoms in total. The summed E-state index contributed by atoms with van der Waals surface area (Å²) in [6, 6.07) is 7.99. The van der Waals surface area contributed by atoms with E-state index in [0.717, 1.165) is 0 Å². The third kappa shape index (κ3) is 2.32. The average molecular weight is 342 g/mol. The van der Waals surface area contributed by atoms with E-state index < -0.39 is 5.43 Å². The minimum atomic E-state index is -0.413. The van der Waals surface area contributed by atoms with Crippen molar-refractivity contribution in [3.63, 3.8) is 0 Å². The van der Waals surface area contributed by atoms with E-state index in [1.807, 2.05) is 0 Å². The number of fused-ring (bicyclic) bond motifs is 2. The molecule has 0 fully saturated rings. The highest BCUT2D eigenvalue weighted by Gasteiger charge is 2.20. The third-order valence-corrected chi connectivity index (χ3v) is 4.00. The average Bonchev–Trinajstić information content (AvgIpc) is 3.09. The minimum absolute atomic E-state index is 0.000642. The largest absolute Gasteiger partial charge is 0.504 e. The Bertz CT molecular complexity index is 1040. The third-order valence-electron chi connectivity index (χ3n) is 4.00. The highest BCUT2D eigenvalue weighted by atomic mass is 16.7. The molecule has 1 N–H and O–H groups in total. The molecule has 0 unspecified atom stereocenters. The molecular weight excluding hydrogens is 328 g/mol. The highest BCUT2D eigenvalue weighted by Crippen LogP contribution is 2.41. The van der Waals surface area contributed by atoms with Crippen LogP contribution in [0.25, 0.3) is 22.3 Å². The van der Waals surface area contributed by atoms with Crippen LogP contribution in [0.3, 0.4) is 0 Å². The fraction of sp³-hybridized carbons (Fsp3) is 0.167. The van der Waals surface area contributed by atoms with Crippen molar-refractivity contribution in [2.24, 2.45) is 0 Å². The van der Waals surface area contributed by atoms with Crippen LogP contribution in [0.1, 0.15) is 0 Å². The maximum Gasteiger partial charge on any atom is 0.231 e. The number of rotatable bonds is 3. The molecule has 0 atom stereocenters. The lowest BCUT2D eigenvalue weighted by atomic mass is 10.1. The molecule has 2 heterocycles. The molecule has 3 aromatic rings. The molecule has 1 aliphatic heterocycles. The first-order valence-corrected chi connectivity index (χ1v) is 7.44. The highest BCUT2D eigenvalue weighted by molar-refractivity contribution is 5.91. The number of hydrogen-bond donors (Lipinski definition) is 1. The Morgan fingerprint density at radius 2 is 1.76 bits per heavy atom. The molecular formula is C18H14O7. The Hall–Kier alpha value is -3.35. The van der Waals surface area contributed by atoms with Gasteiger partial charge < -0.3 is 28.5 Å². The molecule has 1 aliphatic rings. The quantitative estimate of drug-likeness (QED) is 0.783. The van der Waals surface area contributed by atoms with Crippen molar-refractivity contribution in [3.05, 3.63) is 40.6 Å². The predicted octanol–water partition coefficient (Wildman–Crippen LogP) is 2.91. The van der Waals surface area contributed by atoms with Gasteiger partial charge in [0.1, 0.15) is 11.1 Å². The van der Waals surface area contributed by atoms with Gasteiger partial charge in [0.2, 0.25) is 6.79 Å². The van der Waals surface area contributed by atoms with Gasteiger partial charge in [-0.05, 0) is 18.2 Å². The molecule has 0 amide bonds. The van der Waals surface area contributed by atoms with E-state index in [1.54, 1.807) is 18.2 Å². The molecule has 0 bridgehead atoms. The maximum absolute atomic E-state index is 12.6. The van der Waals surface area contributed by atoms with Gasteiger partial charge in [-0.2, -0.15) is 0 Å². The Labute approximate surface area is 141 Å². The van der Waals surface area contributed by atoms with Crippen LogP contribution in [0, 0.1) is 0 Å².